The largest absolute Gasteiger partial charge is 0.396 e. The van der Waals surface area contributed by atoms with Crippen molar-refractivity contribution in [2.45, 2.75) is 18.2 Å². The summed E-state index contributed by atoms with van der Waals surface area (Å²) in [7, 11) is -2.17. The zero-order valence-corrected chi connectivity index (χ0v) is 21.8. The van der Waals surface area contributed by atoms with Crippen LogP contribution in [0.3, 0.4) is 0 Å². The molecule has 1 amide bonds. The van der Waals surface area contributed by atoms with Crippen LogP contribution in [0.2, 0.25) is 10.0 Å². The summed E-state index contributed by atoms with van der Waals surface area (Å²) < 4.78 is 24.6. The summed E-state index contributed by atoms with van der Waals surface area (Å²) in [6.07, 6.45) is 3.86. The standard InChI is InChI=1S/C24H24Cl2N4O5S/c1-16(22-20(25)5-3-6-21(22)26)13-17-14-27-24(29-23(17)30(15-32)35-2)28-18-7-9-19(10-8-18)36(33,34)12-4-11-31/h3,5-10,13-15,31H,4,11-12H2,1-2H3,(H,27,28,29)/b16-13+. The number of carbonyl (C=O) groups is 1. The number of rotatable bonds is 11. The molecular weight excluding hydrogens is 527 g/mol. The van der Waals surface area contributed by atoms with Crippen molar-refractivity contribution in [3.8, 4) is 0 Å². The molecule has 3 aromatic rings. The zero-order valence-electron chi connectivity index (χ0n) is 19.5. The summed E-state index contributed by atoms with van der Waals surface area (Å²) in [6, 6.07) is 11.2. The van der Waals surface area contributed by atoms with Crippen molar-refractivity contribution in [2.24, 2.45) is 0 Å². The van der Waals surface area contributed by atoms with Gasteiger partial charge in [-0.2, -0.15) is 10.0 Å². The molecule has 3 rings (SSSR count). The van der Waals surface area contributed by atoms with E-state index in [0.29, 0.717) is 33.3 Å². The van der Waals surface area contributed by atoms with E-state index < -0.39 is 9.84 Å². The molecular formula is C24H24Cl2N4O5S. The van der Waals surface area contributed by atoms with E-state index in [-0.39, 0.29) is 35.4 Å². The number of hydrogen-bond acceptors (Lipinski definition) is 8. The minimum Gasteiger partial charge on any atom is -0.396 e. The molecule has 0 unspecified atom stereocenters. The van der Waals surface area contributed by atoms with Crippen molar-refractivity contribution in [3.63, 3.8) is 0 Å². The molecule has 1 heterocycles. The average Bonchev–Trinajstić information content (AvgIpc) is 2.85. The maximum Gasteiger partial charge on any atom is 0.239 e. The Morgan fingerprint density at radius 3 is 2.42 bits per heavy atom. The molecule has 0 bridgehead atoms. The third-order valence-electron chi connectivity index (χ3n) is 5.07. The van der Waals surface area contributed by atoms with Gasteiger partial charge >= 0.3 is 0 Å². The van der Waals surface area contributed by atoms with Gasteiger partial charge in [-0.25, -0.2) is 13.4 Å². The zero-order chi connectivity index (χ0) is 26.3. The van der Waals surface area contributed by atoms with Gasteiger partial charge in [0.2, 0.25) is 12.4 Å². The van der Waals surface area contributed by atoms with Crippen molar-refractivity contribution < 1.29 is 23.2 Å². The first-order chi connectivity index (χ1) is 17.2. The van der Waals surface area contributed by atoms with Crippen molar-refractivity contribution in [2.75, 3.05) is 29.8 Å². The number of aliphatic hydroxyl groups is 1. The smallest absolute Gasteiger partial charge is 0.239 e. The van der Waals surface area contributed by atoms with Crippen LogP contribution in [0.4, 0.5) is 17.5 Å². The average molecular weight is 551 g/mol. The Bertz CT molecular complexity index is 1350. The molecule has 36 heavy (non-hydrogen) atoms. The maximum atomic E-state index is 12.3. The summed E-state index contributed by atoms with van der Waals surface area (Å²) >= 11 is 12.6. The number of hydrogen-bond donors (Lipinski definition) is 2. The Labute approximate surface area is 219 Å². The maximum absolute atomic E-state index is 12.3. The number of hydroxylamine groups is 1. The van der Waals surface area contributed by atoms with E-state index in [1.54, 1.807) is 36.4 Å². The van der Waals surface area contributed by atoms with Gasteiger partial charge in [0.1, 0.15) is 0 Å². The Morgan fingerprint density at radius 2 is 1.83 bits per heavy atom. The molecule has 0 radical (unpaired) electrons. The van der Waals surface area contributed by atoms with Crippen LogP contribution in [0.15, 0.2) is 53.6 Å². The number of nitrogens with one attached hydrogen (secondary N) is 1. The van der Waals surface area contributed by atoms with Gasteiger partial charge in [0.15, 0.2) is 15.7 Å². The molecule has 0 atom stereocenters. The molecule has 0 aliphatic rings. The van der Waals surface area contributed by atoms with Gasteiger partial charge < -0.3 is 10.4 Å². The lowest BCUT2D eigenvalue weighted by Gasteiger charge is -2.17. The highest BCUT2D eigenvalue weighted by Gasteiger charge is 2.17. The molecule has 12 heteroatoms. The Morgan fingerprint density at radius 1 is 1.17 bits per heavy atom. The Kier molecular flexibility index (Phi) is 9.41. The fourth-order valence-corrected chi connectivity index (χ4v) is 5.32. The third kappa shape index (κ3) is 6.59. The van der Waals surface area contributed by atoms with Gasteiger partial charge in [0.25, 0.3) is 0 Å². The quantitative estimate of drug-likeness (QED) is 0.258. The van der Waals surface area contributed by atoms with E-state index in [0.717, 1.165) is 10.6 Å². The van der Waals surface area contributed by atoms with E-state index in [9.17, 15) is 13.2 Å². The molecule has 2 N–H and O–H groups in total. The van der Waals surface area contributed by atoms with E-state index >= 15 is 0 Å². The number of sulfone groups is 1. The number of halogens is 2. The summed E-state index contributed by atoms with van der Waals surface area (Å²) in [4.78, 5) is 25.6. The fraction of sp³-hybridized carbons (Fsp3) is 0.208. The predicted molar refractivity (Wildman–Crippen MR) is 141 cm³/mol. The second-order valence-electron chi connectivity index (χ2n) is 7.56. The number of allylic oxidation sites excluding steroid dienone is 1. The summed E-state index contributed by atoms with van der Waals surface area (Å²) in [6.45, 7) is 1.62. The minimum atomic E-state index is -3.49. The molecule has 1 aromatic heterocycles. The molecule has 0 fully saturated rings. The second-order valence-corrected chi connectivity index (χ2v) is 10.5. The molecule has 2 aromatic carbocycles. The number of aliphatic hydroxyl groups excluding tert-OH is 1. The summed E-state index contributed by atoms with van der Waals surface area (Å²) in [5.41, 5.74) is 2.35. The summed E-state index contributed by atoms with van der Waals surface area (Å²) in [5, 5.41) is 13.8. The van der Waals surface area contributed by atoms with Gasteiger partial charge in [0.05, 0.1) is 17.8 Å². The summed E-state index contributed by atoms with van der Waals surface area (Å²) in [5.74, 6) is 0.167. The molecule has 0 saturated heterocycles. The van der Waals surface area contributed by atoms with Gasteiger partial charge in [-0.15, -0.1) is 0 Å². The van der Waals surface area contributed by atoms with Crippen LogP contribution >= 0.6 is 23.2 Å². The normalized spacial score (nSPS) is 11.9. The Hall–Kier alpha value is -3.02. The van der Waals surface area contributed by atoms with Crippen molar-refractivity contribution >= 4 is 68.6 Å². The number of amides is 1. The Balaban J connectivity index is 1.93. The van der Waals surface area contributed by atoms with Crippen LogP contribution in [-0.4, -0.2) is 49.4 Å². The lowest BCUT2D eigenvalue weighted by Crippen LogP contribution is -2.22. The van der Waals surface area contributed by atoms with Crippen molar-refractivity contribution in [1.82, 2.24) is 9.97 Å². The lowest BCUT2D eigenvalue weighted by atomic mass is 10.0. The highest BCUT2D eigenvalue weighted by Crippen LogP contribution is 2.33. The van der Waals surface area contributed by atoms with Crippen LogP contribution < -0.4 is 10.4 Å². The van der Waals surface area contributed by atoms with E-state index in [4.69, 9.17) is 33.1 Å². The van der Waals surface area contributed by atoms with E-state index in [1.807, 2.05) is 6.92 Å². The number of nitrogens with zero attached hydrogens (tertiary/aromatic N) is 3. The van der Waals surface area contributed by atoms with Crippen molar-refractivity contribution in [1.29, 1.82) is 0 Å². The molecule has 0 spiro atoms. The molecule has 190 valence electrons. The SMILES string of the molecule is CON(C=O)c1nc(Nc2ccc(S(=O)(=O)CCCO)cc2)ncc1/C=C(\C)c1c(Cl)cccc1Cl. The highest BCUT2D eigenvalue weighted by atomic mass is 35.5. The van der Waals surface area contributed by atoms with Crippen LogP contribution in [0, 0.1) is 0 Å². The van der Waals surface area contributed by atoms with Crippen LogP contribution in [-0.2, 0) is 19.5 Å². The van der Waals surface area contributed by atoms with E-state index in [1.165, 1.54) is 25.4 Å². The van der Waals surface area contributed by atoms with Gasteiger partial charge in [-0.3, -0.25) is 9.63 Å². The monoisotopic (exact) mass is 550 g/mol. The topological polar surface area (TPSA) is 122 Å². The number of benzene rings is 2. The van der Waals surface area contributed by atoms with Gasteiger partial charge in [0, 0.05) is 39.7 Å². The lowest BCUT2D eigenvalue weighted by molar-refractivity contribution is -0.112. The predicted octanol–water partition coefficient (Wildman–Crippen LogP) is 4.77. The number of aromatic nitrogens is 2. The molecule has 9 nitrogen and oxygen atoms in total. The van der Waals surface area contributed by atoms with Crippen molar-refractivity contribution in [3.05, 3.63) is 69.8 Å². The minimum absolute atomic E-state index is 0.142. The number of anilines is 3. The van der Waals surface area contributed by atoms with E-state index in [2.05, 4.69) is 15.3 Å². The van der Waals surface area contributed by atoms with Crippen LogP contribution in [0.1, 0.15) is 24.5 Å². The van der Waals surface area contributed by atoms with Crippen LogP contribution in [0.5, 0.6) is 0 Å². The van der Waals surface area contributed by atoms with Crippen LogP contribution in [0.25, 0.3) is 11.6 Å². The number of carbonyl (C=O) groups excluding carboxylic acids is 1. The first kappa shape index (κ1) is 27.6. The van der Waals surface area contributed by atoms with Gasteiger partial charge in [-0.05, 0) is 61.4 Å². The second kappa shape index (κ2) is 12.3. The third-order valence-corrected chi connectivity index (χ3v) is 7.51. The first-order valence-corrected chi connectivity index (χ1v) is 13.1. The fourth-order valence-electron chi connectivity index (χ4n) is 3.33. The molecule has 0 aliphatic carbocycles. The molecule has 0 aliphatic heterocycles. The first-order valence-electron chi connectivity index (χ1n) is 10.7. The molecule has 0 saturated carbocycles. The van der Waals surface area contributed by atoms with Gasteiger partial charge in [-0.1, -0.05) is 29.3 Å². The highest BCUT2D eigenvalue weighted by molar-refractivity contribution is 7.91.